The Kier molecular flexibility index (Phi) is 4.77. The summed E-state index contributed by atoms with van der Waals surface area (Å²) in [5.74, 6) is -12.9. The van der Waals surface area contributed by atoms with Crippen molar-refractivity contribution in [1.29, 1.82) is 0 Å². The monoisotopic (exact) mass is 436 g/mol. The van der Waals surface area contributed by atoms with E-state index in [-0.39, 0.29) is 23.5 Å². The summed E-state index contributed by atoms with van der Waals surface area (Å²) in [7, 11) is 0. The highest BCUT2D eigenvalue weighted by Gasteiger charge is 2.71. The highest BCUT2D eigenvalue weighted by Crippen LogP contribution is 2.54. The van der Waals surface area contributed by atoms with Crippen LogP contribution in [0.3, 0.4) is 0 Å². The second-order valence-electron chi connectivity index (χ2n) is 6.97. The largest absolute Gasteiger partial charge is 0.469 e. The third kappa shape index (κ3) is 2.97. The van der Waals surface area contributed by atoms with Crippen molar-refractivity contribution in [2.75, 3.05) is 6.61 Å². The zero-order chi connectivity index (χ0) is 22.6. The lowest BCUT2D eigenvalue weighted by Crippen LogP contribution is -2.61. The van der Waals surface area contributed by atoms with Crippen molar-refractivity contribution < 1.29 is 46.6 Å². The minimum Gasteiger partial charge on any atom is -0.469 e. The van der Waals surface area contributed by atoms with E-state index in [9.17, 15) is 32.7 Å². The Hall–Kier alpha value is -3.40. The van der Waals surface area contributed by atoms with Gasteiger partial charge in [0.15, 0.2) is 11.5 Å². The molecule has 1 aromatic heterocycles. The zero-order valence-corrected chi connectivity index (χ0v) is 15.9. The number of carbonyl (C=O) groups is 3. The lowest BCUT2D eigenvalue weighted by atomic mass is 9.70. The van der Waals surface area contributed by atoms with Crippen molar-refractivity contribution in [3.8, 4) is 0 Å². The van der Waals surface area contributed by atoms with Crippen LogP contribution in [0.1, 0.15) is 39.3 Å². The smallest absolute Gasteiger partial charge is 0.456 e. The van der Waals surface area contributed by atoms with Crippen LogP contribution in [-0.4, -0.2) is 41.2 Å². The Morgan fingerprint density at radius 2 is 1.77 bits per heavy atom. The van der Waals surface area contributed by atoms with Crippen molar-refractivity contribution in [3.63, 3.8) is 0 Å². The number of furan rings is 1. The molecule has 0 saturated carbocycles. The van der Waals surface area contributed by atoms with E-state index in [1.165, 1.54) is 43.3 Å². The second kappa shape index (κ2) is 7.09. The van der Waals surface area contributed by atoms with Crippen molar-refractivity contribution in [3.05, 3.63) is 70.9 Å². The number of carbonyl (C=O) groups excluding carboxylic acids is 3. The van der Waals surface area contributed by atoms with Crippen LogP contribution in [0.15, 0.2) is 58.4 Å². The van der Waals surface area contributed by atoms with Gasteiger partial charge in [0.2, 0.25) is 5.78 Å². The summed E-state index contributed by atoms with van der Waals surface area (Å²) in [4.78, 5) is 38.9. The molecule has 1 aliphatic heterocycles. The number of Topliss-reactive ketones (excluding diaryl/α,β-unsaturated/α-hetero) is 2. The Morgan fingerprint density at radius 1 is 1.13 bits per heavy atom. The molecule has 1 aliphatic carbocycles. The zero-order valence-electron chi connectivity index (χ0n) is 15.9. The fourth-order valence-corrected chi connectivity index (χ4v) is 3.90. The Bertz CT molecular complexity index is 1100. The lowest BCUT2D eigenvalue weighted by Gasteiger charge is -2.44. The number of alkyl halides is 3. The van der Waals surface area contributed by atoms with Crippen LogP contribution in [0.4, 0.5) is 13.2 Å². The van der Waals surface area contributed by atoms with Gasteiger partial charge in [-0.15, -0.1) is 0 Å². The molecule has 0 saturated heterocycles. The molecule has 31 heavy (non-hydrogen) atoms. The Balaban J connectivity index is 2.03. The standard InChI is InChI=1S/C21H15F3O7/c1-2-29-19(27)15-13(12-8-5-9-30-12)14-16(25)10-6-3-4-7-11(10)17(26)18(14)31-20(15,28)21(22,23)24/h3-9,13,15,28H,2H2,1H3/t13-,15-,20+/m0/s1. The third-order valence-electron chi connectivity index (χ3n) is 5.23. The fourth-order valence-electron chi connectivity index (χ4n) is 3.90. The number of fused-ring (bicyclic) bond motifs is 1. The van der Waals surface area contributed by atoms with Gasteiger partial charge >= 0.3 is 17.9 Å². The van der Waals surface area contributed by atoms with E-state index in [4.69, 9.17) is 13.9 Å². The van der Waals surface area contributed by atoms with Crippen LogP contribution in [0, 0.1) is 5.92 Å². The van der Waals surface area contributed by atoms with Gasteiger partial charge < -0.3 is 19.0 Å². The summed E-state index contributed by atoms with van der Waals surface area (Å²) < 4.78 is 56.9. The molecule has 0 bridgehead atoms. The van der Waals surface area contributed by atoms with Gasteiger partial charge in [0, 0.05) is 11.1 Å². The van der Waals surface area contributed by atoms with Crippen molar-refractivity contribution in [2.45, 2.75) is 24.8 Å². The first kappa shape index (κ1) is 20.9. The van der Waals surface area contributed by atoms with Gasteiger partial charge in [-0.1, -0.05) is 24.3 Å². The van der Waals surface area contributed by atoms with Crippen LogP contribution >= 0.6 is 0 Å². The molecule has 1 aromatic carbocycles. The van der Waals surface area contributed by atoms with Gasteiger partial charge in [-0.2, -0.15) is 13.2 Å². The highest BCUT2D eigenvalue weighted by molar-refractivity contribution is 6.27. The molecule has 7 nitrogen and oxygen atoms in total. The van der Waals surface area contributed by atoms with Crippen LogP contribution in [-0.2, 0) is 14.3 Å². The minimum absolute atomic E-state index is 0.0635. The van der Waals surface area contributed by atoms with Gasteiger partial charge in [-0.05, 0) is 19.1 Å². The predicted molar refractivity (Wildman–Crippen MR) is 95.8 cm³/mol. The molecule has 2 aromatic rings. The maximum absolute atomic E-state index is 14.0. The molecule has 2 aliphatic rings. The summed E-state index contributed by atoms with van der Waals surface area (Å²) in [5, 5.41) is 10.6. The van der Waals surface area contributed by atoms with Crippen LogP contribution < -0.4 is 0 Å². The average molecular weight is 436 g/mol. The van der Waals surface area contributed by atoms with E-state index in [0.29, 0.717) is 0 Å². The topological polar surface area (TPSA) is 103 Å². The van der Waals surface area contributed by atoms with Gasteiger partial charge in [-0.25, -0.2) is 0 Å². The first-order valence-corrected chi connectivity index (χ1v) is 9.22. The number of ketones is 2. The summed E-state index contributed by atoms with van der Waals surface area (Å²) in [6.45, 7) is 1.07. The predicted octanol–water partition coefficient (Wildman–Crippen LogP) is 3.16. The van der Waals surface area contributed by atoms with E-state index >= 15 is 0 Å². The molecule has 3 atom stereocenters. The number of ether oxygens (including phenoxy) is 2. The second-order valence-corrected chi connectivity index (χ2v) is 6.97. The molecule has 0 unspecified atom stereocenters. The number of benzene rings is 1. The summed E-state index contributed by atoms with van der Waals surface area (Å²) >= 11 is 0. The SMILES string of the molecule is CCOC(=O)[C@@H]1[C@@H](c2ccco2)C2=C(O[C@@]1(O)C(F)(F)F)C(=O)c1ccccc1C2=O. The first-order valence-electron chi connectivity index (χ1n) is 9.22. The fraction of sp³-hybridized carbons (Fsp3) is 0.286. The number of hydrogen-bond acceptors (Lipinski definition) is 7. The molecule has 0 radical (unpaired) electrons. The van der Waals surface area contributed by atoms with E-state index in [0.717, 1.165) is 6.26 Å². The molecule has 1 N–H and O–H groups in total. The van der Waals surface area contributed by atoms with Gasteiger partial charge in [-0.3, -0.25) is 14.4 Å². The molecular formula is C21H15F3O7. The Morgan fingerprint density at radius 3 is 2.32 bits per heavy atom. The van der Waals surface area contributed by atoms with Crippen LogP contribution in [0.2, 0.25) is 0 Å². The van der Waals surface area contributed by atoms with Gasteiger partial charge in [0.1, 0.15) is 11.7 Å². The molecule has 2 heterocycles. The Labute approximate surface area is 173 Å². The van der Waals surface area contributed by atoms with Crippen molar-refractivity contribution >= 4 is 17.5 Å². The van der Waals surface area contributed by atoms with Crippen molar-refractivity contribution in [2.24, 2.45) is 5.92 Å². The molecule has 10 heteroatoms. The van der Waals surface area contributed by atoms with E-state index in [2.05, 4.69) is 0 Å². The molecule has 162 valence electrons. The number of allylic oxidation sites excluding steroid dienone is 2. The van der Waals surface area contributed by atoms with Crippen LogP contribution in [0.5, 0.6) is 0 Å². The maximum atomic E-state index is 14.0. The van der Waals surface area contributed by atoms with E-state index < -0.39 is 52.7 Å². The normalized spacial score (nSPS) is 25.6. The average Bonchev–Trinajstić information content (AvgIpc) is 3.25. The summed E-state index contributed by atoms with van der Waals surface area (Å²) in [6, 6.07) is 8.08. The summed E-state index contributed by atoms with van der Waals surface area (Å²) in [5.41, 5.74) is -0.749. The third-order valence-corrected chi connectivity index (χ3v) is 5.23. The number of aliphatic hydroxyl groups is 1. The van der Waals surface area contributed by atoms with Crippen molar-refractivity contribution in [1.82, 2.24) is 0 Å². The molecule has 4 rings (SSSR count). The lowest BCUT2D eigenvalue weighted by molar-refractivity contribution is -0.375. The maximum Gasteiger partial charge on any atom is 0.456 e. The molecule has 0 spiro atoms. The summed E-state index contributed by atoms with van der Waals surface area (Å²) in [6.07, 6.45) is -4.39. The highest BCUT2D eigenvalue weighted by atomic mass is 19.4. The van der Waals surface area contributed by atoms with E-state index in [1.807, 2.05) is 0 Å². The number of rotatable bonds is 3. The first-order chi connectivity index (χ1) is 14.6. The van der Waals surface area contributed by atoms with Crippen LogP contribution in [0.25, 0.3) is 0 Å². The minimum atomic E-state index is -5.52. The number of halogens is 3. The van der Waals surface area contributed by atoms with Gasteiger partial charge in [0.25, 0.3) is 0 Å². The number of esters is 1. The van der Waals surface area contributed by atoms with Gasteiger partial charge in [0.05, 0.1) is 24.4 Å². The number of hydrogen-bond donors (Lipinski definition) is 1. The quantitative estimate of drug-likeness (QED) is 0.738. The molecule has 0 amide bonds. The molecule has 0 fully saturated rings. The van der Waals surface area contributed by atoms with E-state index in [1.54, 1.807) is 0 Å². The molecular weight excluding hydrogens is 421 g/mol.